The molecule has 120 valence electrons. The monoisotopic (exact) mass is 350 g/mol. The highest BCUT2D eigenvalue weighted by Gasteiger charge is 2.20. The van der Waals surface area contributed by atoms with Crippen LogP contribution in [-0.2, 0) is 12.8 Å². The van der Waals surface area contributed by atoms with Crippen LogP contribution < -0.4 is 10.9 Å². The average Bonchev–Trinajstić information content (AvgIpc) is 2.49. The van der Waals surface area contributed by atoms with E-state index in [9.17, 15) is 9.59 Å². The molecule has 0 aliphatic heterocycles. The van der Waals surface area contributed by atoms with Crippen molar-refractivity contribution in [3.05, 3.63) is 61.5 Å². The lowest BCUT2D eigenvalue weighted by atomic mass is 9.87. The molecule has 0 fully saturated rings. The Labute approximate surface area is 143 Å². The van der Waals surface area contributed by atoms with Gasteiger partial charge in [0.2, 0.25) is 0 Å². The number of rotatable bonds is 2. The number of amides is 1. The zero-order valence-electron chi connectivity index (χ0n) is 12.6. The predicted octanol–water partition coefficient (Wildman–Crippen LogP) is 4.06. The summed E-state index contributed by atoms with van der Waals surface area (Å²) >= 11 is 11.9. The second-order valence-electron chi connectivity index (χ2n) is 5.94. The number of hydrogen-bond donors (Lipinski definition) is 2. The molecule has 1 aliphatic rings. The van der Waals surface area contributed by atoms with E-state index in [1.54, 1.807) is 18.2 Å². The Kier molecular flexibility index (Phi) is 4.46. The van der Waals surface area contributed by atoms with Crippen molar-refractivity contribution in [2.75, 3.05) is 5.32 Å². The normalized spacial score (nSPS) is 16.7. The van der Waals surface area contributed by atoms with Crippen molar-refractivity contribution in [3.63, 3.8) is 0 Å². The molecule has 0 spiro atoms. The van der Waals surface area contributed by atoms with Gasteiger partial charge in [-0.1, -0.05) is 30.1 Å². The molecule has 1 aromatic heterocycles. The van der Waals surface area contributed by atoms with Crippen molar-refractivity contribution in [2.45, 2.75) is 26.2 Å². The Morgan fingerprint density at radius 3 is 2.83 bits per heavy atom. The molecule has 2 N–H and O–H groups in total. The van der Waals surface area contributed by atoms with Crippen molar-refractivity contribution in [2.24, 2.45) is 5.92 Å². The Balaban J connectivity index is 1.90. The molecular weight excluding hydrogens is 335 g/mol. The van der Waals surface area contributed by atoms with Gasteiger partial charge < -0.3 is 10.3 Å². The lowest BCUT2D eigenvalue weighted by molar-refractivity contribution is 0.102. The molecule has 0 saturated heterocycles. The van der Waals surface area contributed by atoms with E-state index in [4.69, 9.17) is 23.2 Å². The van der Waals surface area contributed by atoms with Crippen LogP contribution in [0.25, 0.3) is 0 Å². The van der Waals surface area contributed by atoms with Crippen LogP contribution in [0.4, 0.5) is 5.69 Å². The van der Waals surface area contributed by atoms with Gasteiger partial charge in [-0.15, -0.1) is 0 Å². The fourth-order valence-electron chi connectivity index (χ4n) is 2.83. The number of halogens is 2. The number of anilines is 1. The molecule has 2 aromatic rings. The zero-order chi connectivity index (χ0) is 16.6. The van der Waals surface area contributed by atoms with Crippen molar-refractivity contribution in [3.8, 4) is 0 Å². The third-order valence-electron chi connectivity index (χ3n) is 4.09. The van der Waals surface area contributed by atoms with Crippen LogP contribution in [0, 0.1) is 5.92 Å². The predicted molar refractivity (Wildman–Crippen MR) is 92.7 cm³/mol. The molecule has 1 amide bonds. The third-order valence-corrected chi connectivity index (χ3v) is 4.64. The third kappa shape index (κ3) is 3.43. The van der Waals surface area contributed by atoms with Gasteiger partial charge in [-0.3, -0.25) is 9.59 Å². The summed E-state index contributed by atoms with van der Waals surface area (Å²) in [5, 5.41) is 3.47. The molecule has 1 heterocycles. The van der Waals surface area contributed by atoms with E-state index in [0.29, 0.717) is 21.7 Å². The molecule has 6 heteroatoms. The van der Waals surface area contributed by atoms with Crippen molar-refractivity contribution in [1.82, 2.24) is 4.98 Å². The number of H-pyrrole nitrogens is 1. The lowest BCUT2D eigenvalue weighted by Gasteiger charge is -2.21. The molecule has 23 heavy (non-hydrogen) atoms. The molecular formula is C17H16Cl2N2O2. The van der Waals surface area contributed by atoms with Gasteiger partial charge >= 0.3 is 0 Å². The van der Waals surface area contributed by atoms with Gasteiger partial charge in [0.05, 0.1) is 10.7 Å². The highest BCUT2D eigenvalue weighted by Crippen LogP contribution is 2.26. The summed E-state index contributed by atoms with van der Waals surface area (Å²) in [6, 6.07) is 6.47. The van der Waals surface area contributed by atoms with Gasteiger partial charge in [-0.2, -0.15) is 0 Å². The number of nitrogens with one attached hydrogen (secondary N) is 2. The summed E-state index contributed by atoms with van der Waals surface area (Å²) in [7, 11) is 0. The smallest absolute Gasteiger partial charge is 0.261 e. The molecule has 1 aliphatic carbocycles. The van der Waals surface area contributed by atoms with Crippen molar-refractivity contribution >= 4 is 34.8 Å². The number of aromatic amines is 1. The van der Waals surface area contributed by atoms with E-state index in [0.717, 1.165) is 30.5 Å². The van der Waals surface area contributed by atoms with Crippen LogP contribution in [0.3, 0.4) is 0 Å². The first-order chi connectivity index (χ1) is 10.9. The molecule has 0 radical (unpaired) electrons. The minimum absolute atomic E-state index is 0.101. The van der Waals surface area contributed by atoms with Crippen LogP contribution in [0.5, 0.6) is 0 Å². The first kappa shape index (κ1) is 16.1. The number of fused-ring (bicyclic) bond motifs is 1. The maximum atomic E-state index is 12.4. The van der Waals surface area contributed by atoms with E-state index in [1.165, 1.54) is 6.07 Å². The fraction of sp³-hybridized carbons (Fsp3) is 0.294. The number of carbonyl (C=O) groups excluding carboxylic acids is 1. The summed E-state index contributed by atoms with van der Waals surface area (Å²) in [4.78, 5) is 27.4. The van der Waals surface area contributed by atoms with Crippen LogP contribution in [-0.4, -0.2) is 10.9 Å². The van der Waals surface area contributed by atoms with Crippen molar-refractivity contribution < 1.29 is 4.79 Å². The lowest BCUT2D eigenvalue weighted by Crippen LogP contribution is -2.27. The molecule has 0 saturated carbocycles. The summed E-state index contributed by atoms with van der Waals surface area (Å²) in [6.07, 6.45) is 2.76. The van der Waals surface area contributed by atoms with Crippen LogP contribution >= 0.6 is 23.2 Å². The van der Waals surface area contributed by atoms with E-state index < -0.39 is 5.91 Å². The van der Waals surface area contributed by atoms with Crippen molar-refractivity contribution in [1.29, 1.82) is 0 Å². The van der Waals surface area contributed by atoms with Crippen LogP contribution in [0.2, 0.25) is 10.0 Å². The van der Waals surface area contributed by atoms with Gasteiger partial charge in [-0.05, 0) is 55.0 Å². The maximum Gasteiger partial charge on any atom is 0.261 e. The quantitative estimate of drug-likeness (QED) is 0.857. The van der Waals surface area contributed by atoms with Crippen LogP contribution in [0.1, 0.15) is 35.0 Å². The van der Waals surface area contributed by atoms with Gasteiger partial charge in [0.25, 0.3) is 11.5 Å². The van der Waals surface area contributed by atoms with Gasteiger partial charge in [0, 0.05) is 10.7 Å². The standard InChI is InChI=1S/C17H16Cl2N2O2/c1-9-2-4-14-10(6-9)7-12(16(22)20-14)17(23)21-15-5-3-11(18)8-13(15)19/h3,5,7-9H,2,4,6H2,1H3,(H,20,22)(H,21,23). The Bertz CT molecular complexity index is 830. The first-order valence-electron chi connectivity index (χ1n) is 7.45. The molecule has 3 rings (SSSR count). The van der Waals surface area contributed by atoms with Gasteiger partial charge in [0.15, 0.2) is 0 Å². The number of pyridine rings is 1. The molecule has 1 unspecified atom stereocenters. The second kappa shape index (κ2) is 6.38. The number of carbonyl (C=O) groups is 1. The minimum Gasteiger partial charge on any atom is -0.325 e. The Morgan fingerprint density at radius 1 is 1.30 bits per heavy atom. The van der Waals surface area contributed by atoms with E-state index >= 15 is 0 Å². The van der Waals surface area contributed by atoms with Crippen LogP contribution in [0.15, 0.2) is 29.1 Å². The average molecular weight is 351 g/mol. The molecule has 0 bridgehead atoms. The van der Waals surface area contributed by atoms with Gasteiger partial charge in [0.1, 0.15) is 5.56 Å². The summed E-state index contributed by atoms with van der Waals surface area (Å²) in [5.74, 6) is 0.0755. The highest BCUT2D eigenvalue weighted by molar-refractivity contribution is 6.36. The first-order valence-corrected chi connectivity index (χ1v) is 8.21. The zero-order valence-corrected chi connectivity index (χ0v) is 14.1. The number of hydrogen-bond acceptors (Lipinski definition) is 2. The fourth-order valence-corrected chi connectivity index (χ4v) is 3.29. The number of benzene rings is 1. The Hall–Kier alpha value is -1.78. The van der Waals surface area contributed by atoms with E-state index in [2.05, 4.69) is 17.2 Å². The van der Waals surface area contributed by atoms with Gasteiger partial charge in [-0.25, -0.2) is 0 Å². The minimum atomic E-state index is -0.475. The largest absolute Gasteiger partial charge is 0.325 e. The number of aromatic nitrogens is 1. The summed E-state index contributed by atoms with van der Waals surface area (Å²) in [5.41, 5.74) is 2.13. The summed E-state index contributed by atoms with van der Waals surface area (Å²) < 4.78 is 0. The summed E-state index contributed by atoms with van der Waals surface area (Å²) in [6.45, 7) is 2.17. The van der Waals surface area contributed by atoms with E-state index in [1.807, 2.05) is 0 Å². The van der Waals surface area contributed by atoms with E-state index in [-0.39, 0.29) is 11.1 Å². The molecule has 4 nitrogen and oxygen atoms in total. The molecule has 1 aromatic carbocycles. The highest BCUT2D eigenvalue weighted by atomic mass is 35.5. The molecule has 1 atom stereocenters. The number of aryl methyl sites for hydroxylation is 1. The second-order valence-corrected chi connectivity index (χ2v) is 6.79. The topological polar surface area (TPSA) is 62.0 Å². The maximum absolute atomic E-state index is 12.4. The SMILES string of the molecule is CC1CCc2[nH]c(=O)c(C(=O)Nc3ccc(Cl)cc3Cl)cc2C1. The Morgan fingerprint density at radius 2 is 2.09 bits per heavy atom.